The summed E-state index contributed by atoms with van der Waals surface area (Å²) in [6.07, 6.45) is 1.53. The number of nitrogens with zero attached hydrogens (tertiary/aromatic N) is 1. The quantitative estimate of drug-likeness (QED) is 0.892. The van der Waals surface area contributed by atoms with Crippen LogP contribution in [0.2, 0.25) is 0 Å². The van der Waals surface area contributed by atoms with Crippen molar-refractivity contribution in [3.05, 3.63) is 41.3 Å². The van der Waals surface area contributed by atoms with Gasteiger partial charge in [-0.3, -0.25) is 4.79 Å². The smallest absolute Gasteiger partial charge is 0.310 e. The Balaban J connectivity index is 2.24. The predicted molar refractivity (Wildman–Crippen MR) is 58.8 cm³/mol. The van der Waals surface area contributed by atoms with Gasteiger partial charge in [0.05, 0.1) is 11.3 Å². The fourth-order valence-corrected chi connectivity index (χ4v) is 2.18. The average molecular weight is 237 g/mol. The molecule has 16 heavy (non-hydrogen) atoms. The van der Waals surface area contributed by atoms with Crippen LogP contribution < -0.4 is 0 Å². The summed E-state index contributed by atoms with van der Waals surface area (Å²) in [5.41, 5.74) is 0.843. The number of halogens is 1. The average Bonchev–Trinajstić information content (AvgIpc) is 2.66. The topological polar surface area (TPSA) is 50.2 Å². The molecule has 0 fully saturated rings. The van der Waals surface area contributed by atoms with Crippen molar-refractivity contribution in [2.75, 3.05) is 0 Å². The number of hydrogen-bond donors (Lipinski definition) is 1. The maximum Gasteiger partial charge on any atom is 0.310 e. The highest BCUT2D eigenvalue weighted by atomic mass is 32.1. The standard InChI is InChI=1S/C11H8FNO2S/c12-8-3-1-7(2-4-8)9-6-13-10(16-9)5-11(14)15/h1-4,6H,5H2,(H,14,15). The lowest BCUT2D eigenvalue weighted by molar-refractivity contribution is -0.136. The lowest BCUT2D eigenvalue weighted by atomic mass is 10.2. The molecule has 0 aliphatic heterocycles. The van der Waals surface area contributed by atoms with Crippen LogP contribution in [0.15, 0.2) is 30.5 Å². The Bertz CT molecular complexity index is 507. The van der Waals surface area contributed by atoms with Crippen LogP contribution in [-0.4, -0.2) is 16.1 Å². The second-order valence-electron chi connectivity index (χ2n) is 3.20. The Kier molecular flexibility index (Phi) is 2.96. The van der Waals surface area contributed by atoms with Gasteiger partial charge in [-0.2, -0.15) is 0 Å². The summed E-state index contributed by atoms with van der Waals surface area (Å²) >= 11 is 1.31. The van der Waals surface area contributed by atoms with Gasteiger partial charge in [0.1, 0.15) is 10.8 Å². The number of carboxylic acids is 1. The summed E-state index contributed by atoms with van der Waals surface area (Å²) < 4.78 is 12.7. The first-order valence-corrected chi connectivity index (χ1v) is 5.39. The molecule has 1 N–H and O–H groups in total. The highest BCUT2D eigenvalue weighted by molar-refractivity contribution is 7.15. The van der Waals surface area contributed by atoms with Gasteiger partial charge in [0, 0.05) is 6.20 Å². The summed E-state index contributed by atoms with van der Waals surface area (Å²) in [5.74, 6) is -1.20. The molecule has 2 rings (SSSR count). The first-order chi connectivity index (χ1) is 7.65. The van der Waals surface area contributed by atoms with Crippen molar-refractivity contribution in [3.63, 3.8) is 0 Å². The molecule has 0 amide bonds. The minimum atomic E-state index is -0.903. The van der Waals surface area contributed by atoms with Crippen LogP contribution in [-0.2, 0) is 11.2 Å². The second kappa shape index (κ2) is 4.40. The normalized spacial score (nSPS) is 10.3. The molecule has 82 valence electrons. The molecule has 3 nitrogen and oxygen atoms in total. The van der Waals surface area contributed by atoms with Crippen molar-refractivity contribution < 1.29 is 14.3 Å². The van der Waals surface area contributed by atoms with Gasteiger partial charge in [-0.15, -0.1) is 11.3 Å². The van der Waals surface area contributed by atoms with E-state index < -0.39 is 5.97 Å². The van der Waals surface area contributed by atoms with E-state index in [1.807, 2.05) is 0 Å². The molecule has 0 atom stereocenters. The summed E-state index contributed by atoms with van der Waals surface area (Å²) in [6, 6.07) is 6.03. The van der Waals surface area contributed by atoms with Gasteiger partial charge in [-0.05, 0) is 17.7 Å². The molecule has 0 unspecified atom stereocenters. The molecule has 0 saturated heterocycles. The fourth-order valence-electron chi connectivity index (χ4n) is 1.27. The number of rotatable bonds is 3. The molecule has 0 bridgehead atoms. The third-order valence-corrected chi connectivity index (χ3v) is 3.03. The third-order valence-electron chi connectivity index (χ3n) is 1.98. The van der Waals surface area contributed by atoms with Crippen molar-refractivity contribution in [1.82, 2.24) is 4.98 Å². The highest BCUT2D eigenvalue weighted by Gasteiger charge is 2.07. The van der Waals surface area contributed by atoms with Crippen molar-refractivity contribution >= 4 is 17.3 Å². The maximum atomic E-state index is 12.7. The molecule has 2 aromatic rings. The molecule has 1 heterocycles. The summed E-state index contributed by atoms with van der Waals surface area (Å²) in [7, 11) is 0. The Labute approximate surface area is 95.2 Å². The Morgan fingerprint density at radius 2 is 2.06 bits per heavy atom. The van der Waals surface area contributed by atoms with Crippen LogP contribution in [0.3, 0.4) is 0 Å². The van der Waals surface area contributed by atoms with Crippen molar-refractivity contribution in [2.24, 2.45) is 0 Å². The van der Waals surface area contributed by atoms with Gasteiger partial charge in [0.25, 0.3) is 0 Å². The zero-order valence-electron chi connectivity index (χ0n) is 8.18. The molecule has 0 spiro atoms. The van der Waals surface area contributed by atoms with E-state index in [-0.39, 0.29) is 12.2 Å². The maximum absolute atomic E-state index is 12.7. The molecule has 0 aliphatic rings. The largest absolute Gasteiger partial charge is 0.481 e. The van der Waals surface area contributed by atoms with E-state index in [2.05, 4.69) is 4.98 Å². The van der Waals surface area contributed by atoms with Crippen LogP contribution in [0.5, 0.6) is 0 Å². The van der Waals surface area contributed by atoms with E-state index in [1.54, 1.807) is 18.3 Å². The zero-order chi connectivity index (χ0) is 11.5. The first-order valence-electron chi connectivity index (χ1n) is 4.57. The molecular formula is C11H8FNO2S. The van der Waals surface area contributed by atoms with E-state index in [1.165, 1.54) is 23.5 Å². The number of aliphatic carboxylic acids is 1. The molecule has 0 aliphatic carbocycles. The molecule has 1 aromatic carbocycles. The minimum absolute atomic E-state index is 0.0775. The van der Waals surface area contributed by atoms with E-state index in [0.717, 1.165) is 10.4 Å². The van der Waals surface area contributed by atoms with E-state index >= 15 is 0 Å². The zero-order valence-corrected chi connectivity index (χ0v) is 9.00. The SMILES string of the molecule is O=C(O)Cc1ncc(-c2ccc(F)cc2)s1. The predicted octanol–water partition coefficient (Wildman–Crippen LogP) is 2.58. The number of benzene rings is 1. The molecule has 1 aromatic heterocycles. The van der Waals surface area contributed by atoms with E-state index in [9.17, 15) is 9.18 Å². The fraction of sp³-hybridized carbons (Fsp3) is 0.0909. The number of thiazole rings is 1. The number of hydrogen-bond acceptors (Lipinski definition) is 3. The highest BCUT2D eigenvalue weighted by Crippen LogP contribution is 2.26. The Morgan fingerprint density at radius 1 is 1.38 bits per heavy atom. The number of carbonyl (C=O) groups is 1. The number of aromatic nitrogens is 1. The van der Waals surface area contributed by atoms with Gasteiger partial charge < -0.3 is 5.11 Å². The Hall–Kier alpha value is -1.75. The van der Waals surface area contributed by atoms with Crippen molar-refractivity contribution in [1.29, 1.82) is 0 Å². The van der Waals surface area contributed by atoms with Crippen LogP contribution in [0.1, 0.15) is 5.01 Å². The third kappa shape index (κ3) is 2.43. The summed E-state index contributed by atoms with van der Waals surface area (Å²) in [5, 5.41) is 9.15. The second-order valence-corrected chi connectivity index (χ2v) is 4.31. The van der Waals surface area contributed by atoms with E-state index in [4.69, 9.17) is 5.11 Å². The molecular weight excluding hydrogens is 229 g/mol. The van der Waals surface area contributed by atoms with Gasteiger partial charge in [-0.25, -0.2) is 9.37 Å². The van der Waals surface area contributed by atoms with Gasteiger partial charge in [0.15, 0.2) is 0 Å². The van der Waals surface area contributed by atoms with Crippen LogP contribution >= 0.6 is 11.3 Å². The molecule has 0 saturated carbocycles. The number of carboxylic acid groups (broad SMARTS) is 1. The van der Waals surface area contributed by atoms with Crippen molar-refractivity contribution in [3.8, 4) is 10.4 Å². The summed E-state index contributed by atoms with van der Waals surface area (Å²) in [4.78, 5) is 15.3. The first kappa shape index (κ1) is 10.8. The van der Waals surface area contributed by atoms with E-state index in [0.29, 0.717) is 5.01 Å². The minimum Gasteiger partial charge on any atom is -0.481 e. The lowest BCUT2D eigenvalue weighted by Crippen LogP contribution is -1.98. The van der Waals surface area contributed by atoms with Crippen LogP contribution in [0, 0.1) is 5.82 Å². The monoisotopic (exact) mass is 237 g/mol. The van der Waals surface area contributed by atoms with Crippen LogP contribution in [0.25, 0.3) is 10.4 Å². The molecule has 0 radical (unpaired) electrons. The van der Waals surface area contributed by atoms with Crippen LogP contribution in [0.4, 0.5) is 4.39 Å². The lowest BCUT2D eigenvalue weighted by Gasteiger charge is -1.94. The Morgan fingerprint density at radius 3 is 2.69 bits per heavy atom. The van der Waals surface area contributed by atoms with Crippen molar-refractivity contribution in [2.45, 2.75) is 6.42 Å². The summed E-state index contributed by atoms with van der Waals surface area (Å²) in [6.45, 7) is 0. The van der Waals surface area contributed by atoms with Gasteiger partial charge in [-0.1, -0.05) is 12.1 Å². The van der Waals surface area contributed by atoms with Gasteiger partial charge >= 0.3 is 5.97 Å². The van der Waals surface area contributed by atoms with Gasteiger partial charge in [0.2, 0.25) is 0 Å². The molecule has 5 heteroatoms.